The fraction of sp³-hybridized carbons (Fsp3) is 0.286. The third-order valence-corrected chi connectivity index (χ3v) is 5.31. The molecule has 0 aromatic heterocycles. The van der Waals surface area contributed by atoms with Gasteiger partial charge < -0.3 is 23.7 Å². The van der Waals surface area contributed by atoms with Gasteiger partial charge in [0.1, 0.15) is 0 Å². The van der Waals surface area contributed by atoms with E-state index in [-0.39, 0.29) is 0 Å². The highest BCUT2D eigenvalue weighted by atomic mass is 16.6. The van der Waals surface area contributed by atoms with Crippen molar-refractivity contribution in [3.8, 4) is 0 Å². The van der Waals surface area contributed by atoms with E-state index in [9.17, 15) is 44.2 Å². The summed E-state index contributed by atoms with van der Waals surface area (Å²) >= 11 is 0. The maximum atomic E-state index is 13.3. The predicted octanol–water partition coefficient (Wildman–Crippen LogP) is 0.418. The van der Waals surface area contributed by atoms with Gasteiger partial charge in [0, 0.05) is 11.6 Å². The third-order valence-electron chi connectivity index (χ3n) is 5.31. The van der Waals surface area contributed by atoms with Gasteiger partial charge in [-0.2, -0.15) is 0 Å². The van der Waals surface area contributed by atoms with Crippen LogP contribution < -0.4 is 0 Å². The number of nitro benzene ring substituents is 2. The first kappa shape index (κ1) is 28.1. The highest BCUT2D eigenvalue weighted by Crippen LogP contribution is 2.56. The van der Waals surface area contributed by atoms with Crippen LogP contribution in [0.5, 0.6) is 0 Å². The van der Waals surface area contributed by atoms with Gasteiger partial charge in [-0.1, -0.05) is 0 Å². The molecule has 1 aromatic rings. The lowest BCUT2D eigenvalue weighted by Crippen LogP contribution is -2.45. The number of benzene rings is 1. The van der Waals surface area contributed by atoms with E-state index in [0.717, 1.165) is 47.7 Å². The molecule has 196 valence electrons. The second-order valence-corrected chi connectivity index (χ2v) is 6.92. The summed E-state index contributed by atoms with van der Waals surface area (Å²) in [5, 5.41) is 23.2. The van der Waals surface area contributed by atoms with Crippen molar-refractivity contribution in [1.29, 1.82) is 0 Å². The Morgan fingerprint density at radius 1 is 0.703 bits per heavy atom. The third kappa shape index (κ3) is 4.24. The van der Waals surface area contributed by atoms with Crippen molar-refractivity contribution >= 4 is 46.8 Å². The molecule has 16 nitrogen and oxygen atoms in total. The molecule has 0 unspecified atom stereocenters. The number of hydrogen-bond donors (Lipinski definition) is 0. The number of hydrogen-bond acceptors (Lipinski definition) is 14. The summed E-state index contributed by atoms with van der Waals surface area (Å²) in [6.07, 6.45) is 0. The molecule has 37 heavy (non-hydrogen) atoms. The molecule has 1 aromatic carbocycles. The van der Waals surface area contributed by atoms with E-state index in [1.807, 2.05) is 0 Å². The fourth-order valence-electron chi connectivity index (χ4n) is 3.85. The molecule has 0 fully saturated rings. The second-order valence-electron chi connectivity index (χ2n) is 6.92. The van der Waals surface area contributed by atoms with Crippen LogP contribution in [0.2, 0.25) is 0 Å². The molecule has 16 heteroatoms. The Kier molecular flexibility index (Phi) is 8.07. The van der Waals surface area contributed by atoms with Crippen molar-refractivity contribution in [2.24, 2.45) is 5.41 Å². The summed E-state index contributed by atoms with van der Waals surface area (Å²) in [4.78, 5) is 86.6. The van der Waals surface area contributed by atoms with Crippen LogP contribution in [0.25, 0.3) is 5.57 Å². The molecule has 0 saturated heterocycles. The van der Waals surface area contributed by atoms with Crippen LogP contribution >= 0.6 is 0 Å². The lowest BCUT2D eigenvalue weighted by atomic mass is 9.72. The number of nitrogens with zero attached hydrogens (tertiary/aromatic N) is 2. The van der Waals surface area contributed by atoms with E-state index in [0.29, 0.717) is 6.07 Å². The Labute approximate surface area is 206 Å². The van der Waals surface area contributed by atoms with E-state index < -0.39 is 84.3 Å². The molecule has 0 atom stereocenters. The number of methoxy groups -OCH3 is 5. The Hall–Kier alpha value is -5.15. The lowest BCUT2D eigenvalue weighted by molar-refractivity contribution is -0.394. The molecule has 2 rings (SSSR count). The smallest absolute Gasteiger partial charge is 0.339 e. The maximum absolute atomic E-state index is 13.3. The first-order valence-corrected chi connectivity index (χ1v) is 9.75. The highest BCUT2D eigenvalue weighted by molar-refractivity contribution is 6.32. The topological polar surface area (TPSA) is 218 Å². The molecule has 1 aliphatic carbocycles. The Morgan fingerprint density at radius 2 is 1.19 bits per heavy atom. The summed E-state index contributed by atoms with van der Waals surface area (Å²) in [6, 6.07) is 1.98. The van der Waals surface area contributed by atoms with Crippen molar-refractivity contribution in [3.63, 3.8) is 0 Å². The quantitative estimate of drug-likeness (QED) is 0.149. The fourth-order valence-corrected chi connectivity index (χ4v) is 3.85. The van der Waals surface area contributed by atoms with E-state index in [4.69, 9.17) is 9.47 Å². The van der Waals surface area contributed by atoms with Gasteiger partial charge in [0.2, 0.25) is 5.41 Å². The number of rotatable bonds is 8. The maximum Gasteiger partial charge on any atom is 0.339 e. The minimum absolute atomic E-state index is 0.477. The van der Waals surface area contributed by atoms with Crippen LogP contribution in [-0.4, -0.2) is 75.2 Å². The number of ether oxygens (including phenoxy) is 5. The highest BCUT2D eigenvalue weighted by Gasteiger charge is 2.66. The molecule has 0 amide bonds. The van der Waals surface area contributed by atoms with Gasteiger partial charge in [0.15, 0.2) is 0 Å². The van der Waals surface area contributed by atoms with Crippen molar-refractivity contribution in [3.05, 3.63) is 60.7 Å². The average molecular weight is 522 g/mol. The molecular formula is C21H18N2O14. The van der Waals surface area contributed by atoms with Gasteiger partial charge in [0.25, 0.3) is 11.4 Å². The standard InChI is InChI=1S/C21H18N2O14/c1-33-16(24)12-13(17(25)34-2)15(18(26)35-3)21(19(27)36-4,20(28)37-5)14(12)10-7-6-9(22(29)30)8-11(10)23(31)32/h6-8H,1-5H3. The van der Waals surface area contributed by atoms with Gasteiger partial charge in [-0.25, -0.2) is 14.4 Å². The number of carbonyl (C=O) groups is 5. The van der Waals surface area contributed by atoms with Crippen molar-refractivity contribution in [2.75, 3.05) is 35.5 Å². The Balaban J connectivity index is 3.39. The van der Waals surface area contributed by atoms with Gasteiger partial charge in [-0.3, -0.25) is 29.8 Å². The Morgan fingerprint density at radius 3 is 1.59 bits per heavy atom. The van der Waals surface area contributed by atoms with E-state index in [1.54, 1.807) is 0 Å². The zero-order chi connectivity index (χ0) is 28.2. The minimum Gasteiger partial charge on any atom is -0.468 e. The molecule has 1 aliphatic rings. The average Bonchev–Trinajstić information content (AvgIpc) is 3.22. The van der Waals surface area contributed by atoms with Crippen LogP contribution in [0.15, 0.2) is 34.9 Å². The van der Waals surface area contributed by atoms with E-state index in [1.165, 1.54) is 0 Å². The minimum atomic E-state index is -3.18. The van der Waals surface area contributed by atoms with Crippen LogP contribution in [0.1, 0.15) is 5.56 Å². The van der Waals surface area contributed by atoms with Gasteiger partial charge in [-0.15, -0.1) is 0 Å². The van der Waals surface area contributed by atoms with Crippen LogP contribution in [0.3, 0.4) is 0 Å². The van der Waals surface area contributed by atoms with Gasteiger partial charge in [-0.05, 0) is 6.07 Å². The SMILES string of the molecule is COC(=O)C1=C(C(=O)OC)C(C(=O)OC)(C(=O)OC)C(c2ccc([N+](=O)[O-])cc2[N+](=O)[O-])=C1C(=O)OC. The summed E-state index contributed by atoms with van der Waals surface area (Å²) in [5.74, 6) is -7.65. The lowest BCUT2D eigenvalue weighted by Gasteiger charge is -2.29. The molecule has 0 bridgehead atoms. The normalized spacial score (nSPS) is 14.0. The second kappa shape index (κ2) is 10.6. The molecular weight excluding hydrogens is 504 g/mol. The molecule has 0 spiro atoms. The van der Waals surface area contributed by atoms with Crippen LogP contribution in [0, 0.1) is 25.6 Å². The molecule has 0 N–H and O–H groups in total. The molecule has 0 heterocycles. The molecule has 0 radical (unpaired) electrons. The zero-order valence-electron chi connectivity index (χ0n) is 19.8. The summed E-state index contributed by atoms with van der Waals surface area (Å²) in [5.41, 5.74) is -9.87. The van der Waals surface area contributed by atoms with Gasteiger partial charge >= 0.3 is 29.8 Å². The number of esters is 5. The van der Waals surface area contributed by atoms with Crippen molar-refractivity contribution in [2.45, 2.75) is 0 Å². The Bertz CT molecular complexity index is 1290. The van der Waals surface area contributed by atoms with E-state index in [2.05, 4.69) is 14.2 Å². The van der Waals surface area contributed by atoms with Crippen molar-refractivity contribution < 1.29 is 57.5 Å². The zero-order valence-corrected chi connectivity index (χ0v) is 19.8. The van der Waals surface area contributed by atoms with Crippen molar-refractivity contribution in [1.82, 2.24) is 0 Å². The molecule has 0 aliphatic heterocycles. The van der Waals surface area contributed by atoms with Crippen LogP contribution in [-0.2, 0) is 47.7 Å². The van der Waals surface area contributed by atoms with E-state index >= 15 is 0 Å². The summed E-state index contributed by atoms with van der Waals surface area (Å²) in [7, 11) is 4.03. The monoisotopic (exact) mass is 522 g/mol. The number of nitro groups is 2. The largest absolute Gasteiger partial charge is 0.468 e. The van der Waals surface area contributed by atoms with Crippen LogP contribution in [0.4, 0.5) is 11.4 Å². The summed E-state index contributed by atoms with van der Waals surface area (Å²) in [6.45, 7) is 0. The predicted molar refractivity (Wildman–Crippen MR) is 116 cm³/mol. The first-order valence-electron chi connectivity index (χ1n) is 9.75. The first-order chi connectivity index (χ1) is 17.4. The number of non-ortho nitro benzene ring substituents is 1. The number of carbonyl (C=O) groups excluding carboxylic acids is 5. The summed E-state index contributed by atoms with van der Waals surface area (Å²) < 4.78 is 23.4. The van der Waals surface area contributed by atoms with Gasteiger partial charge in [0.05, 0.1) is 73.7 Å². The molecule has 0 saturated carbocycles.